The molecule has 9 heteroatoms. The van der Waals surface area contributed by atoms with Gasteiger partial charge in [0.2, 0.25) is 0 Å². The monoisotopic (exact) mass is 446 g/mol. The molecule has 1 saturated heterocycles. The standard InChI is InChI=1S/C24H30N8O/c1-4-10-30-14-26-29-23(30)19-8-5-9-20(27-19)32-13-18-17(24(32)33)12-21(28-22(18)16(3)25)31-11-6-7-15(31)2/h5,8-9,12,14-16H,4,6-7,10-11,13,25H2,1-3H3/t15-,16+/m1/s1. The average Bonchev–Trinajstić information content (AvgIpc) is 3.53. The fourth-order valence-corrected chi connectivity index (χ4v) is 4.85. The van der Waals surface area contributed by atoms with Crippen LogP contribution in [0.2, 0.25) is 0 Å². The summed E-state index contributed by atoms with van der Waals surface area (Å²) in [5.41, 5.74) is 9.36. The Labute approximate surface area is 193 Å². The van der Waals surface area contributed by atoms with E-state index in [0.29, 0.717) is 35.5 Å². The van der Waals surface area contributed by atoms with Crippen LogP contribution in [0.1, 0.15) is 67.7 Å². The lowest BCUT2D eigenvalue weighted by Crippen LogP contribution is -2.28. The lowest BCUT2D eigenvalue weighted by Gasteiger charge is -2.24. The van der Waals surface area contributed by atoms with Crippen molar-refractivity contribution in [1.82, 2.24) is 24.7 Å². The number of carbonyl (C=O) groups excluding carboxylic acids is 1. The topological polar surface area (TPSA) is 106 Å². The number of amides is 1. The Bertz CT molecular complexity index is 1190. The fraction of sp³-hybridized carbons (Fsp3) is 0.458. The predicted octanol–water partition coefficient (Wildman–Crippen LogP) is 3.31. The van der Waals surface area contributed by atoms with Crippen molar-refractivity contribution in [2.75, 3.05) is 16.3 Å². The zero-order valence-corrected chi connectivity index (χ0v) is 19.4. The van der Waals surface area contributed by atoms with Gasteiger partial charge in [0.25, 0.3) is 5.91 Å². The Morgan fingerprint density at radius 1 is 1.24 bits per heavy atom. The molecule has 0 aromatic carbocycles. The normalized spacial score (nSPS) is 18.8. The number of pyridine rings is 2. The Hall–Kier alpha value is -3.33. The van der Waals surface area contributed by atoms with Gasteiger partial charge in [-0.3, -0.25) is 9.69 Å². The highest BCUT2D eigenvalue weighted by Crippen LogP contribution is 2.35. The van der Waals surface area contributed by atoms with Gasteiger partial charge < -0.3 is 15.2 Å². The van der Waals surface area contributed by atoms with Crippen LogP contribution >= 0.6 is 0 Å². The van der Waals surface area contributed by atoms with Crippen molar-refractivity contribution < 1.29 is 4.79 Å². The average molecular weight is 447 g/mol. The number of fused-ring (bicyclic) bond motifs is 1. The molecule has 2 N–H and O–H groups in total. The first-order valence-corrected chi connectivity index (χ1v) is 11.7. The van der Waals surface area contributed by atoms with Gasteiger partial charge in [-0.1, -0.05) is 13.0 Å². The van der Waals surface area contributed by atoms with Crippen molar-refractivity contribution in [3.8, 4) is 11.5 Å². The molecule has 0 bridgehead atoms. The third-order valence-electron chi connectivity index (χ3n) is 6.53. The van der Waals surface area contributed by atoms with E-state index in [4.69, 9.17) is 15.7 Å². The fourth-order valence-electron chi connectivity index (χ4n) is 4.85. The van der Waals surface area contributed by atoms with E-state index in [1.807, 2.05) is 35.8 Å². The highest BCUT2D eigenvalue weighted by atomic mass is 16.2. The Morgan fingerprint density at radius 2 is 2.09 bits per heavy atom. The maximum atomic E-state index is 13.6. The van der Waals surface area contributed by atoms with E-state index in [-0.39, 0.29) is 11.9 Å². The summed E-state index contributed by atoms with van der Waals surface area (Å²) < 4.78 is 1.98. The molecule has 9 nitrogen and oxygen atoms in total. The second-order valence-electron chi connectivity index (χ2n) is 8.99. The van der Waals surface area contributed by atoms with Crippen LogP contribution in [-0.2, 0) is 13.1 Å². The number of aryl methyl sites for hydroxylation is 1. The molecule has 2 aliphatic rings. The number of nitrogens with two attached hydrogens (primary N) is 1. The molecule has 2 atom stereocenters. The third kappa shape index (κ3) is 3.76. The number of aromatic nitrogens is 5. The Balaban J connectivity index is 1.51. The zero-order chi connectivity index (χ0) is 23.1. The second kappa shape index (κ2) is 8.55. The minimum atomic E-state index is -0.267. The summed E-state index contributed by atoms with van der Waals surface area (Å²) in [6.45, 7) is 8.40. The Kier molecular flexibility index (Phi) is 5.57. The number of rotatable bonds is 6. The molecule has 0 radical (unpaired) electrons. The molecule has 33 heavy (non-hydrogen) atoms. The lowest BCUT2D eigenvalue weighted by atomic mass is 10.0. The quantitative estimate of drug-likeness (QED) is 0.619. The summed E-state index contributed by atoms with van der Waals surface area (Å²) >= 11 is 0. The van der Waals surface area contributed by atoms with Gasteiger partial charge in [-0.05, 0) is 51.3 Å². The predicted molar refractivity (Wildman–Crippen MR) is 127 cm³/mol. The minimum Gasteiger partial charge on any atom is -0.354 e. The molecule has 0 spiro atoms. The number of nitrogens with zero attached hydrogens (tertiary/aromatic N) is 7. The van der Waals surface area contributed by atoms with E-state index >= 15 is 0 Å². The zero-order valence-electron chi connectivity index (χ0n) is 19.4. The number of anilines is 2. The van der Waals surface area contributed by atoms with E-state index in [1.54, 1.807) is 11.2 Å². The molecule has 0 aliphatic carbocycles. The Morgan fingerprint density at radius 3 is 2.82 bits per heavy atom. The molecule has 5 heterocycles. The number of hydrogen-bond donors (Lipinski definition) is 1. The van der Waals surface area contributed by atoms with Crippen LogP contribution in [0.3, 0.4) is 0 Å². The van der Waals surface area contributed by atoms with Crippen molar-refractivity contribution in [3.63, 3.8) is 0 Å². The summed E-state index contributed by atoms with van der Waals surface area (Å²) in [5, 5.41) is 8.29. The van der Waals surface area contributed by atoms with E-state index in [2.05, 4.69) is 28.9 Å². The molecular formula is C24H30N8O. The van der Waals surface area contributed by atoms with Gasteiger partial charge in [0.15, 0.2) is 5.82 Å². The van der Waals surface area contributed by atoms with Crippen molar-refractivity contribution >= 4 is 17.5 Å². The molecule has 0 saturated carbocycles. The maximum absolute atomic E-state index is 13.6. The van der Waals surface area contributed by atoms with Gasteiger partial charge in [0.05, 0.1) is 17.8 Å². The summed E-state index contributed by atoms with van der Waals surface area (Å²) in [6, 6.07) is 7.73. The van der Waals surface area contributed by atoms with Crippen LogP contribution in [-0.4, -0.2) is 43.2 Å². The molecule has 2 aliphatic heterocycles. The molecule has 1 amide bonds. The summed E-state index contributed by atoms with van der Waals surface area (Å²) in [6.07, 6.45) is 4.94. The SMILES string of the molecule is CCCn1cnnc1-c1cccc(N2Cc3c(cc(N4CCC[C@H]4C)nc3[C@H](C)N)C2=O)n1. The summed E-state index contributed by atoms with van der Waals surface area (Å²) in [4.78, 5) is 27.2. The van der Waals surface area contributed by atoms with Gasteiger partial charge in [-0.15, -0.1) is 10.2 Å². The minimum absolute atomic E-state index is 0.0675. The van der Waals surface area contributed by atoms with Crippen molar-refractivity contribution in [3.05, 3.63) is 47.4 Å². The molecule has 172 valence electrons. The van der Waals surface area contributed by atoms with Crippen molar-refractivity contribution in [1.29, 1.82) is 0 Å². The third-order valence-corrected chi connectivity index (χ3v) is 6.53. The molecule has 3 aromatic rings. The molecule has 3 aromatic heterocycles. The number of hydrogen-bond acceptors (Lipinski definition) is 7. The van der Waals surface area contributed by atoms with Crippen molar-refractivity contribution in [2.24, 2.45) is 5.73 Å². The largest absolute Gasteiger partial charge is 0.354 e. The van der Waals surface area contributed by atoms with Crippen LogP contribution in [0.25, 0.3) is 11.5 Å². The lowest BCUT2D eigenvalue weighted by molar-refractivity contribution is 0.0996. The maximum Gasteiger partial charge on any atom is 0.260 e. The van der Waals surface area contributed by atoms with Crippen LogP contribution < -0.4 is 15.5 Å². The first kappa shape index (κ1) is 21.5. The number of carbonyl (C=O) groups is 1. The van der Waals surface area contributed by atoms with Gasteiger partial charge in [-0.2, -0.15) is 0 Å². The highest BCUT2D eigenvalue weighted by molar-refractivity contribution is 6.10. The first-order chi connectivity index (χ1) is 16.0. The van der Waals surface area contributed by atoms with Gasteiger partial charge in [0.1, 0.15) is 23.7 Å². The smallest absolute Gasteiger partial charge is 0.260 e. The van der Waals surface area contributed by atoms with E-state index in [1.165, 1.54) is 0 Å². The first-order valence-electron chi connectivity index (χ1n) is 11.7. The van der Waals surface area contributed by atoms with E-state index < -0.39 is 0 Å². The van der Waals surface area contributed by atoms with Crippen LogP contribution in [0.4, 0.5) is 11.6 Å². The van der Waals surface area contributed by atoms with E-state index in [9.17, 15) is 4.79 Å². The van der Waals surface area contributed by atoms with Crippen LogP contribution in [0.15, 0.2) is 30.6 Å². The molecule has 0 unspecified atom stereocenters. The second-order valence-corrected chi connectivity index (χ2v) is 8.99. The van der Waals surface area contributed by atoms with E-state index in [0.717, 1.165) is 49.4 Å². The molecule has 1 fully saturated rings. The molecular weight excluding hydrogens is 416 g/mol. The molecule has 5 rings (SSSR count). The van der Waals surface area contributed by atoms with Gasteiger partial charge in [0, 0.05) is 30.7 Å². The van der Waals surface area contributed by atoms with Crippen LogP contribution in [0.5, 0.6) is 0 Å². The van der Waals surface area contributed by atoms with Gasteiger partial charge >= 0.3 is 0 Å². The summed E-state index contributed by atoms with van der Waals surface area (Å²) in [5.74, 6) is 2.07. The van der Waals surface area contributed by atoms with Crippen molar-refractivity contribution in [2.45, 2.75) is 65.2 Å². The van der Waals surface area contributed by atoms with Gasteiger partial charge in [-0.25, -0.2) is 9.97 Å². The van der Waals surface area contributed by atoms with Crippen LogP contribution in [0, 0.1) is 0 Å². The highest BCUT2D eigenvalue weighted by Gasteiger charge is 2.35. The summed E-state index contributed by atoms with van der Waals surface area (Å²) in [7, 11) is 0.